The molecule has 0 aliphatic carbocycles. The van der Waals surface area contributed by atoms with Crippen LogP contribution in [0.5, 0.6) is 0 Å². The van der Waals surface area contributed by atoms with Crippen molar-refractivity contribution in [2.24, 2.45) is 0 Å². The van der Waals surface area contributed by atoms with E-state index in [0.29, 0.717) is 0 Å². The lowest BCUT2D eigenvalue weighted by atomic mass is 10.2. The largest absolute Gasteiger partial charge is 0.241 e. The van der Waals surface area contributed by atoms with Gasteiger partial charge in [-0.25, -0.2) is 5.32 Å². The van der Waals surface area contributed by atoms with Crippen LogP contribution in [0.15, 0.2) is 12.2 Å². The van der Waals surface area contributed by atoms with E-state index in [4.69, 9.17) is 0 Å². The van der Waals surface area contributed by atoms with Gasteiger partial charge in [-0.3, -0.25) is 0 Å². The second-order valence-electron chi connectivity index (χ2n) is 2.07. The highest BCUT2D eigenvalue weighted by Gasteiger charge is 1.89. The van der Waals surface area contributed by atoms with Crippen LogP contribution < -0.4 is 5.32 Å². The van der Waals surface area contributed by atoms with Crippen molar-refractivity contribution in [3.05, 3.63) is 12.2 Å². The fourth-order valence-corrected chi connectivity index (χ4v) is 0.834. The Morgan fingerprint density at radius 2 is 1.88 bits per heavy atom. The highest BCUT2D eigenvalue weighted by Crippen LogP contribution is 1.95. The van der Waals surface area contributed by atoms with Crippen LogP contribution >= 0.6 is 0 Å². The van der Waals surface area contributed by atoms with E-state index in [2.05, 4.69) is 17.5 Å². The summed E-state index contributed by atoms with van der Waals surface area (Å²) in [5.74, 6) is 0. The van der Waals surface area contributed by atoms with Crippen molar-refractivity contribution in [2.75, 3.05) is 13.1 Å². The fraction of sp³-hybridized carbons (Fsp3) is 0.714. The van der Waals surface area contributed by atoms with Crippen LogP contribution in [0.25, 0.3) is 0 Å². The van der Waals surface area contributed by atoms with Gasteiger partial charge >= 0.3 is 0 Å². The summed E-state index contributed by atoms with van der Waals surface area (Å²) in [5, 5.41) is 4.28. The van der Waals surface area contributed by atoms with Gasteiger partial charge < -0.3 is 0 Å². The predicted molar refractivity (Wildman–Crippen MR) is 34.9 cm³/mol. The molecule has 1 heterocycles. The molecule has 0 bridgehead atoms. The highest BCUT2D eigenvalue weighted by atomic mass is 14.8. The Morgan fingerprint density at radius 1 is 1.00 bits per heavy atom. The van der Waals surface area contributed by atoms with Crippen molar-refractivity contribution in [1.82, 2.24) is 5.32 Å². The van der Waals surface area contributed by atoms with Gasteiger partial charge in [0.1, 0.15) is 0 Å². The molecule has 0 saturated heterocycles. The lowest BCUT2D eigenvalue weighted by Gasteiger charge is -2.00. The van der Waals surface area contributed by atoms with Crippen LogP contribution in [0.2, 0.25) is 0 Å². The first-order valence-electron chi connectivity index (χ1n) is 3.28. The molecule has 0 spiro atoms. The molecule has 1 radical (unpaired) electrons. The lowest BCUT2D eigenvalue weighted by molar-refractivity contribution is 0.633. The van der Waals surface area contributed by atoms with Crippen molar-refractivity contribution in [3.8, 4) is 0 Å². The molecule has 8 heavy (non-hydrogen) atoms. The SMILES string of the molecule is C1=C\CC[N]CCC/1. The van der Waals surface area contributed by atoms with E-state index < -0.39 is 0 Å². The van der Waals surface area contributed by atoms with Crippen molar-refractivity contribution in [2.45, 2.75) is 19.3 Å². The summed E-state index contributed by atoms with van der Waals surface area (Å²) in [4.78, 5) is 0. The van der Waals surface area contributed by atoms with E-state index in [-0.39, 0.29) is 0 Å². The summed E-state index contributed by atoms with van der Waals surface area (Å²) in [6.45, 7) is 2.11. The van der Waals surface area contributed by atoms with Crippen molar-refractivity contribution in [3.63, 3.8) is 0 Å². The van der Waals surface area contributed by atoms with E-state index in [0.717, 1.165) is 19.5 Å². The maximum absolute atomic E-state index is 4.28. The Balaban J connectivity index is 2.17. The number of rotatable bonds is 0. The molecule has 1 rings (SSSR count). The van der Waals surface area contributed by atoms with Gasteiger partial charge in [0.25, 0.3) is 0 Å². The molecule has 0 fully saturated rings. The monoisotopic (exact) mass is 110 g/mol. The van der Waals surface area contributed by atoms with Crippen LogP contribution in [-0.4, -0.2) is 13.1 Å². The van der Waals surface area contributed by atoms with Gasteiger partial charge in [0.2, 0.25) is 0 Å². The second kappa shape index (κ2) is 3.67. The van der Waals surface area contributed by atoms with E-state index in [9.17, 15) is 0 Å². The Labute approximate surface area is 50.8 Å². The van der Waals surface area contributed by atoms with Gasteiger partial charge in [-0.1, -0.05) is 12.2 Å². The van der Waals surface area contributed by atoms with Crippen molar-refractivity contribution >= 4 is 0 Å². The predicted octanol–water partition coefficient (Wildman–Crippen LogP) is 1.33. The number of hydrogen-bond acceptors (Lipinski definition) is 0. The molecule has 0 aromatic heterocycles. The Kier molecular flexibility index (Phi) is 2.68. The average molecular weight is 110 g/mol. The second-order valence-corrected chi connectivity index (χ2v) is 2.07. The molecular formula is C7H12N. The smallest absolute Gasteiger partial charge is 0.0167 e. The van der Waals surface area contributed by atoms with Gasteiger partial charge in [-0.05, 0) is 19.3 Å². The van der Waals surface area contributed by atoms with E-state index in [1.807, 2.05) is 0 Å². The van der Waals surface area contributed by atoms with Gasteiger partial charge in [-0.2, -0.15) is 0 Å². The lowest BCUT2D eigenvalue weighted by Crippen LogP contribution is -2.08. The third-order valence-corrected chi connectivity index (χ3v) is 1.31. The third kappa shape index (κ3) is 2.12. The van der Waals surface area contributed by atoms with Gasteiger partial charge in [-0.15, -0.1) is 0 Å². The molecule has 45 valence electrons. The summed E-state index contributed by atoms with van der Waals surface area (Å²) in [7, 11) is 0. The number of nitrogens with zero attached hydrogens (tertiary/aromatic N) is 1. The molecule has 0 N–H and O–H groups in total. The first-order chi connectivity index (χ1) is 4.00. The van der Waals surface area contributed by atoms with Crippen molar-refractivity contribution in [1.29, 1.82) is 0 Å². The number of allylic oxidation sites excluding steroid dienone is 1. The van der Waals surface area contributed by atoms with Crippen LogP contribution in [0.3, 0.4) is 0 Å². The van der Waals surface area contributed by atoms with Gasteiger partial charge in [0, 0.05) is 13.1 Å². The van der Waals surface area contributed by atoms with Crippen LogP contribution in [0, 0.1) is 0 Å². The molecule has 0 unspecified atom stereocenters. The minimum absolute atomic E-state index is 1.04. The molecule has 1 nitrogen and oxygen atoms in total. The van der Waals surface area contributed by atoms with Crippen molar-refractivity contribution < 1.29 is 0 Å². The molecular weight excluding hydrogens is 98.1 g/mol. The first kappa shape index (κ1) is 5.83. The van der Waals surface area contributed by atoms with E-state index in [1.54, 1.807) is 0 Å². The zero-order valence-corrected chi connectivity index (χ0v) is 5.14. The first-order valence-corrected chi connectivity index (χ1v) is 3.28. The maximum Gasteiger partial charge on any atom is 0.0167 e. The molecule has 0 atom stereocenters. The van der Waals surface area contributed by atoms with Crippen LogP contribution in [0.1, 0.15) is 19.3 Å². The third-order valence-electron chi connectivity index (χ3n) is 1.31. The Hall–Kier alpha value is -0.300. The molecule has 1 heteroatoms. The summed E-state index contributed by atoms with van der Waals surface area (Å²) in [6.07, 6.45) is 8.11. The van der Waals surface area contributed by atoms with Gasteiger partial charge in [0.15, 0.2) is 0 Å². The summed E-state index contributed by atoms with van der Waals surface area (Å²) in [5.41, 5.74) is 0. The minimum Gasteiger partial charge on any atom is -0.241 e. The summed E-state index contributed by atoms with van der Waals surface area (Å²) < 4.78 is 0. The minimum atomic E-state index is 1.04. The molecule has 1 aliphatic rings. The average Bonchev–Trinajstić information content (AvgIpc) is 1.62. The van der Waals surface area contributed by atoms with E-state index >= 15 is 0 Å². The standard InChI is InChI=1S/C7H12N/c1-2-4-6-8-7-5-3-1/h1-2H,3-7H2/b2-1-. The number of hydrogen-bond donors (Lipinski definition) is 0. The van der Waals surface area contributed by atoms with Gasteiger partial charge in [0.05, 0.1) is 0 Å². The zero-order valence-electron chi connectivity index (χ0n) is 5.14. The topological polar surface area (TPSA) is 14.1 Å². The van der Waals surface area contributed by atoms with E-state index in [1.165, 1.54) is 12.8 Å². The Morgan fingerprint density at radius 3 is 2.88 bits per heavy atom. The van der Waals surface area contributed by atoms with Crippen LogP contribution in [-0.2, 0) is 0 Å². The molecule has 0 aromatic carbocycles. The molecule has 0 saturated carbocycles. The van der Waals surface area contributed by atoms with Crippen LogP contribution in [0.4, 0.5) is 0 Å². The molecule has 1 aliphatic heterocycles. The highest BCUT2D eigenvalue weighted by molar-refractivity contribution is 4.83. The molecule has 0 aromatic rings. The summed E-state index contributed by atoms with van der Waals surface area (Å²) in [6, 6.07) is 0. The summed E-state index contributed by atoms with van der Waals surface area (Å²) >= 11 is 0. The quantitative estimate of drug-likeness (QED) is 0.418. The Bertz CT molecular complexity index is 66.5. The zero-order chi connectivity index (χ0) is 5.66. The fourth-order valence-electron chi connectivity index (χ4n) is 0.834. The maximum atomic E-state index is 4.28. The molecule has 0 amide bonds. The normalized spacial score (nSPS) is 26.0.